The summed E-state index contributed by atoms with van der Waals surface area (Å²) < 4.78 is 0. The van der Waals surface area contributed by atoms with Crippen molar-refractivity contribution in [3.63, 3.8) is 0 Å². The van der Waals surface area contributed by atoms with Crippen LogP contribution < -0.4 is 0 Å². The van der Waals surface area contributed by atoms with Gasteiger partial charge in [-0.05, 0) is 63.8 Å². The lowest BCUT2D eigenvalue weighted by molar-refractivity contribution is 0.0510. The van der Waals surface area contributed by atoms with E-state index in [4.69, 9.17) is 0 Å². The van der Waals surface area contributed by atoms with Crippen LogP contribution in [0.3, 0.4) is 0 Å². The molecule has 1 aliphatic heterocycles. The maximum Gasteiger partial charge on any atom is 0.254 e. The van der Waals surface area contributed by atoms with E-state index in [9.17, 15) is 9.90 Å². The molecule has 1 saturated heterocycles. The predicted molar refractivity (Wildman–Crippen MR) is 71.8 cm³/mol. The second-order valence-electron chi connectivity index (χ2n) is 5.34. The molecule has 0 aliphatic carbocycles. The number of piperidine rings is 1. The summed E-state index contributed by atoms with van der Waals surface area (Å²) in [6.07, 6.45) is 3.35. The summed E-state index contributed by atoms with van der Waals surface area (Å²) in [6, 6.07) is 5.55. The molecule has 18 heavy (non-hydrogen) atoms. The van der Waals surface area contributed by atoms with Gasteiger partial charge in [0.15, 0.2) is 0 Å². The van der Waals surface area contributed by atoms with E-state index in [-0.39, 0.29) is 11.7 Å². The number of amides is 1. The number of likely N-dealkylation sites (tertiary alicyclic amines) is 1. The molecule has 3 heteroatoms. The zero-order valence-electron chi connectivity index (χ0n) is 11.3. The van der Waals surface area contributed by atoms with E-state index in [2.05, 4.69) is 13.8 Å². The highest BCUT2D eigenvalue weighted by molar-refractivity contribution is 5.96. The largest absolute Gasteiger partial charge is 0.508 e. The Kier molecular flexibility index (Phi) is 3.60. The van der Waals surface area contributed by atoms with Crippen LogP contribution in [0.25, 0.3) is 0 Å². The normalized spacial score (nSPS) is 24.1. The van der Waals surface area contributed by atoms with Crippen molar-refractivity contribution < 1.29 is 9.90 Å². The van der Waals surface area contributed by atoms with Crippen molar-refractivity contribution in [1.29, 1.82) is 0 Å². The van der Waals surface area contributed by atoms with Gasteiger partial charge in [0.2, 0.25) is 0 Å². The van der Waals surface area contributed by atoms with Gasteiger partial charge < -0.3 is 10.0 Å². The van der Waals surface area contributed by atoms with Crippen molar-refractivity contribution in [3.05, 3.63) is 29.3 Å². The van der Waals surface area contributed by atoms with Crippen LogP contribution in [-0.4, -0.2) is 28.0 Å². The van der Waals surface area contributed by atoms with E-state index < -0.39 is 0 Å². The number of hydrogen-bond acceptors (Lipinski definition) is 2. The summed E-state index contributed by atoms with van der Waals surface area (Å²) >= 11 is 0. The number of carbonyl (C=O) groups excluding carboxylic acids is 1. The minimum Gasteiger partial charge on any atom is -0.508 e. The van der Waals surface area contributed by atoms with Crippen LogP contribution in [-0.2, 0) is 0 Å². The van der Waals surface area contributed by atoms with Crippen LogP contribution in [0.5, 0.6) is 5.75 Å². The van der Waals surface area contributed by atoms with E-state index in [0.717, 1.165) is 18.4 Å². The number of carbonyl (C=O) groups is 1. The lowest BCUT2D eigenvalue weighted by atomic mass is 9.95. The quantitative estimate of drug-likeness (QED) is 0.828. The SMILES string of the molecule is Cc1cc(O)ccc1C(=O)N1C(C)CCCC1C. The standard InChI is InChI=1S/C15H21NO2/c1-10-9-13(17)7-8-14(10)15(18)16-11(2)5-4-6-12(16)3/h7-9,11-12,17H,4-6H2,1-3H3. The maximum absolute atomic E-state index is 12.6. The molecule has 1 amide bonds. The van der Waals surface area contributed by atoms with Crippen LogP contribution in [0.2, 0.25) is 0 Å². The average molecular weight is 247 g/mol. The number of benzene rings is 1. The summed E-state index contributed by atoms with van der Waals surface area (Å²) in [5.74, 6) is 0.302. The van der Waals surface area contributed by atoms with Crippen molar-refractivity contribution >= 4 is 5.91 Å². The van der Waals surface area contributed by atoms with Gasteiger partial charge in [-0.2, -0.15) is 0 Å². The van der Waals surface area contributed by atoms with Gasteiger partial charge >= 0.3 is 0 Å². The molecule has 0 bridgehead atoms. The summed E-state index contributed by atoms with van der Waals surface area (Å²) in [4.78, 5) is 14.6. The molecule has 1 aromatic rings. The Hall–Kier alpha value is -1.51. The molecule has 3 nitrogen and oxygen atoms in total. The Bertz CT molecular complexity index is 446. The Balaban J connectivity index is 2.29. The van der Waals surface area contributed by atoms with E-state index >= 15 is 0 Å². The van der Waals surface area contributed by atoms with Crippen molar-refractivity contribution in [3.8, 4) is 5.75 Å². The van der Waals surface area contributed by atoms with Gasteiger partial charge in [0.25, 0.3) is 5.91 Å². The lowest BCUT2D eigenvalue weighted by Crippen LogP contribution is -2.47. The second-order valence-corrected chi connectivity index (χ2v) is 5.34. The lowest BCUT2D eigenvalue weighted by Gasteiger charge is -2.39. The third kappa shape index (κ3) is 2.35. The van der Waals surface area contributed by atoms with Gasteiger partial charge in [0.1, 0.15) is 5.75 Å². The van der Waals surface area contributed by atoms with Gasteiger partial charge in [-0.3, -0.25) is 4.79 Å². The first kappa shape index (κ1) is 12.9. The number of rotatable bonds is 1. The summed E-state index contributed by atoms with van der Waals surface area (Å²) in [7, 11) is 0. The number of phenols is 1. The third-order valence-electron chi connectivity index (χ3n) is 3.87. The number of aryl methyl sites for hydroxylation is 1. The second kappa shape index (κ2) is 5.01. The Morgan fingerprint density at radius 2 is 1.89 bits per heavy atom. The average Bonchev–Trinajstić information content (AvgIpc) is 2.28. The number of hydrogen-bond donors (Lipinski definition) is 1. The number of aromatic hydroxyl groups is 1. The molecule has 2 atom stereocenters. The highest BCUT2D eigenvalue weighted by Crippen LogP contribution is 2.26. The first-order valence-electron chi connectivity index (χ1n) is 6.63. The minimum absolute atomic E-state index is 0.0900. The molecule has 1 aliphatic rings. The highest BCUT2D eigenvalue weighted by atomic mass is 16.3. The van der Waals surface area contributed by atoms with Gasteiger partial charge in [0, 0.05) is 17.6 Å². The Morgan fingerprint density at radius 1 is 1.28 bits per heavy atom. The fourth-order valence-electron chi connectivity index (χ4n) is 2.85. The molecule has 0 saturated carbocycles. The molecule has 2 unspecified atom stereocenters. The summed E-state index contributed by atoms with van der Waals surface area (Å²) in [5, 5.41) is 9.41. The number of nitrogens with zero attached hydrogens (tertiary/aromatic N) is 1. The Labute approximate surface area is 108 Å². The van der Waals surface area contributed by atoms with E-state index in [1.165, 1.54) is 6.42 Å². The van der Waals surface area contributed by atoms with Crippen LogP contribution >= 0.6 is 0 Å². The molecule has 1 aromatic carbocycles. The third-order valence-corrected chi connectivity index (χ3v) is 3.87. The molecule has 0 spiro atoms. The molecule has 98 valence electrons. The molecule has 1 N–H and O–H groups in total. The maximum atomic E-state index is 12.6. The van der Waals surface area contributed by atoms with Crippen molar-refractivity contribution in [2.24, 2.45) is 0 Å². The monoisotopic (exact) mass is 247 g/mol. The topological polar surface area (TPSA) is 40.5 Å². The zero-order chi connectivity index (χ0) is 13.3. The molecule has 2 rings (SSSR count). The van der Waals surface area contributed by atoms with Gasteiger partial charge in [-0.15, -0.1) is 0 Å². The fourth-order valence-corrected chi connectivity index (χ4v) is 2.85. The smallest absolute Gasteiger partial charge is 0.254 e. The van der Waals surface area contributed by atoms with E-state index in [0.29, 0.717) is 17.6 Å². The molecular formula is C15H21NO2. The van der Waals surface area contributed by atoms with Crippen LogP contribution in [0, 0.1) is 6.92 Å². The van der Waals surface area contributed by atoms with Crippen molar-refractivity contribution in [2.75, 3.05) is 0 Å². The van der Waals surface area contributed by atoms with Crippen molar-refractivity contribution in [2.45, 2.75) is 52.1 Å². The predicted octanol–water partition coefficient (Wildman–Crippen LogP) is 3.10. The molecule has 1 heterocycles. The van der Waals surface area contributed by atoms with Gasteiger partial charge in [-0.1, -0.05) is 0 Å². The summed E-state index contributed by atoms with van der Waals surface area (Å²) in [6.45, 7) is 6.10. The molecule has 0 radical (unpaired) electrons. The first-order chi connectivity index (χ1) is 8.50. The molecular weight excluding hydrogens is 226 g/mol. The highest BCUT2D eigenvalue weighted by Gasteiger charge is 2.30. The van der Waals surface area contributed by atoms with Crippen LogP contribution in [0.15, 0.2) is 18.2 Å². The van der Waals surface area contributed by atoms with Gasteiger partial charge in [-0.25, -0.2) is 0 Å². The van der Waals surface area contributed by atoms with E-state index in [1.807, 2.05) is 11.8 Å². The molecule has 0 aromatic heterocycles. The molecule has 1 fully saturated rings. The van der Waals surface area contributed by atoms with Crippen LogP contribution in [0.1, 0.15) is 49.0 Å². The zero-order valence-corrected chi connectivity index (χ0v) is 11.3. The van der Waals surface area contributed by atoms with Crippen molar-refractivity contribution in [1.82, 2.24) is 4.90 Å². The Morgan fingerprint density at radius 3 is 2.44 bits per heavy atom. The first-order valence-corrected chi connectivity index (χ1v) is 6.63. The van der Waals surface area contributed by atoms with E-state index in [1.54, 1.807) is 18.2 Å². The summed E-state index contributed by atoms with van der Waals surface area (Å²) in [5.41, 5.74) is 1.54. The minimum atomic E-state index is 0.0900. The number of phenolic OH excluding ortho intramolecular Hbond substituents is 1. The van der Waals surface area contributed by atoms with Gasteiger partial charge in [0.05, 0.1) is 0 Å². The fraction of sp³-hybridized carbons (Fsp3) is 0.533. The van der Waals surface area contributed by atoms with Crippen LogP contribution in [0.4, 0.5) is 0 Å².